The Hall–Kier alpha value is 0.709. The molecule has 0 unspecified atom stereocenters. The van der Waals surface area contributed by atoms with E-state index in [2.05, 4.69) is 50.3 Å². The average molecular weight is 410 g/mol. The molecule has 0 bridgehead atoms. The number of unbranched alkanes of at least 4 members (excludes halogenated alkanes) is 10. The molecule has 0 aromatic heterocycles. The third-order valence-electron chi connectivity index (χ3n) is 3.82. The Kier molecular flexibility index (Phi) is 16.7. The van der Waals surface area contributed by atoms with Gasteiger partial charge in [0.2, 0.25) is 0 Å². The zero-order valence-electron chi connectivity index (χ0n) is 13.7. The van der Waals surface area contributed by atoms with Crippen LogP contribution in [0.4, 0.5) is 0 Å². The molecule has 0 aliphatic carbocycles. The Morgan fingerprint density at radius 2 is 1.00 bits per heavy atom. The van der Waals surface area contributed by atoms with Gasteiger partial charge < -0.3 is 0 Å². The normalized spacial score (nSPS) is 10.7. The molecule has 1 nitrogen and oxygen atoms in total. The van der Waals surface area contributed by atoms with Gasteiger partial charge in [-0.1, -0.05) is 0 Å². The maximum atomic E-state index is 3.15. The summed E-state index contributed by atoms with van der Waals surface area (Å²) in [6, 6.07) is 0. The van der Waals surface area contributed by atoms with E-state index in [0.717, 1.165) is 0 Å². The van der Waals surface area contributed by atoms with E-state index in [-0.39, 0.29) is 0 Å². The van der Waals surface area contributed by atoms with Crippen LogP contribution in [0.1, 0.15) is 90.9 Å². The molecule has 0 fully saturated rings. The van der Waals surface area contributed by atoms with Crippen LogP contribution in [0.15, 0.2) is 0 Å². The second kappa shape index (κ2) is 16.1. The molecule has 0 heterocycles. The molecule has 0 aliphatic heterocycles. The van der Waals surface area contributed by atoms with Crippen molar-refractivity contribution in [1.82, 2.24) is 4.90 Å². The fraction of sp³-hybridized carbons (Fsp3) is 0.941. The number of rotatable bonds is 15. The van der Waals surface area contributed by atoms with Crippen LogP contribution < -0.4 is 0 Å². The first-order valence-corrected chi connectivity index (χ1v) is 10.4. The summed E-state index contributed by atoms with van der Waals surface area (Å²) in [7, 11) is 0. The fourth-order valence-electron chi connectivity index (χ4n) is 2.46. The molecule has 20 heavy (non-hydrogen) atoms. The van der Waals surface area contributed by atoms with E-state index in [1.165, 1.54) is 93.6 Å². The minimum atomic E-state index is 1.22. The number of nitrogens with zero attached hydrogens (tertiary/aromatic N) is 1. The van der Waals surface area contributed by atoms with E-state index < -0.39 is 0 Å². The van der Waals surface area contributed by atoms with Crippen LogP contribution in [0.25, 0.3) is 0 Å². The van der Waals surface area contributed by atoms with E-state index in [0.29, 0.717) is 0 Å². The summed E-state index contributed by atoms with van der Waals surface area (Å²) in [5.74, 6) is 0. The molecule has 0 saturated carbocycles. The van der Waals surface area contributed by atoms with E-state index in [9.17, 15) is 0 Å². The van der Waals surface area contributed by atoms with Crippen molar-refractivity contribution in [3.63, 3.8) is 0 Å². The standard InChI is InChI=1S/C17H34NSe2/c1-3-5-7-9-11-13-15-18(17(19)20)16-14-12-10-8-6-4-2/h3-16H2,1-2H3. The molecule has 1 radical (unpaired) electrons. The van der Waals surface area contributed by atoms with Crippen LogP contribution in [0.5, 0.6) is 0 Å². The van der Waals surface area contributed by atoms with Gasteiger partial charge in [-0.15, -0.1) is 0 Å². The van der Waals surface area contributed by atoms with Gasteiger partial charge in [0, 0.05) is 0 Å². The van der Waals surface area contributed by atoms with Crippen molar-refractivity contribution in [3.05, 3.63) is 0 Å². The maximum absolute atomic E-state index is 3.15. The van der Waals surface area contributed by atoms with Crippen LogP contribution in [-0.2, 0) is 0 Å². The second-order valence-corrected chi connectivity index (χ2v) is 8.72. The number of hydrogen-bond donors (Lipinski definition) is 0. The average Bonchev–Trinajstić information content (AvgIpc) is 2.43. The molecule has 0 amide bonds. The molecule has 0 rings (SSSR count). The summed E-state index contributed by atoms with van der Waals surface area (Å²) in [6.45, 7) is 7.00. The van der Waals surface area contributed by atoms with Gasteiger partial charge in [0.1, 0.15) is 0 Å². The van der Waals surface area contributed by atoms with E-state index >= 15 is 0 Å². The quantitative estimate of drug-likeness (QED) is 0.285. The van der Waals surface area contributed by atoms with Crippen LogP contribution in [-0.4, -0.2) is 53.0 Å². The van der Waals surface area contributed by atoms with Crippen molar-refractivity contribution in [1.29, 1.82) is 0 Å². The molecular weight excluding hydrogens is 376 g/mol. The van der Waals surface area contributed by atoms with Crippen molar-refractivity contribution in [2.75, 3.05) is 13.1 Å². The second-order valence-electron chi connectivity index (χ2n) is 5.79. The first kappa shape index (κ1) is 20.7. The Labute approximate surface area is 143 Å². The molecular formula is C17H34NSe2. The van der Waals surface area contributed by atoms with E-state index in [1.54, 1.807) is 0 Å². The predicted octanol–water partition coefficient (Wildman–Crippen LogP) is 4.43. The van der Waals surface area contributed by atoms with Crippen molar-refractivity contribution in [2.24, 2.45) is 0 Å². The third-order valence-corrected chi connectivity index (χ3v) is 4.90. The van der Waals surface area contributed by atoms with Gasteiger partial charge in [-0.3, -0.25) is 0 Å². The van der Waals surface area contributed by atoms with Gasteiger partial charge in [0.25, 0.3) is 0 Å². The van der Waals surface area contributed by atoms with Crippen molar-refractivity contribution in [3.8, 4) is 0 Å². The summed E-state index contributed by atoms with van der Waals surface area (Å²) >= 11 is 6.30. The first-order valence-electron chi connectivity index (χ1n) is 8.68. The molecule has 0 aromatic carbocycles. The van der Waals surface area contributed by atoms with Gasteiger partial charge in [0.15, 0.2) is 0 Å². The predicted molar refractivity (Wildman–Crippen MR) is 94.8 cm³/mol. The van der Waals surface area contributed by atoms with E-state index in [4.69, 9.17) is 0 Å². The zero-order valence-corrected chi connectivity index (χ0v) is 17.1. The molecule has 0 spiro atoms. The molecule has 0 saturated heterocycles. The molecule has 0 aromatic rings. The van der Waals surface area contributed by atoms with Crippen LogP contribution in [0, 0.1) is 0 Å². The Morgan fingerprint density at radius 3 is 1.35 bits per heavy atom. The SMILES string of the molecule is CCCCCCCCN(CCCCCCCC)C([Se])=[Se]. The summed E-state index contributed by atoms with van der Waals surface area (Å²) in [5.41, 5.74) is 0. The van der Waals surface area contributed by atoms with Crippen LogP contribution >= 0.6 is 0 Å². The van der Waals surface area contributed by atoms with E-state index in [1.807, 2.05) is 0 Å². The van der Waals surface area contributed by atoms with Crippen molar-refractivity contribution in [2.45, 2.75) is 90.9 Å². The summed E-state index contributed by atoms with van der Waals surface area (Å²) in [4.78, 5) is 2.50. The molecule has 0 aliphatic rings. The van der Waals surface area contributed by atoms with Gasteiger partial charge in [0.05, 0.1) is 0 Å². The van der Waals surface area contributed by atoms with Gasteiger partial charge in [-0.05, 0) is 0 Å². The topological polar surface area (TPSA) is 3.24 Å². The summed E-state index contributed by atoms with van der Waals surface area (Å²) in [6.07, 6.45) is 16.6. The van der Waals surface area contributed by atoms with Gasteiger partial charge in [-0.2, -0.15) is 0 Å². The van der Waals surface area contributed by atoms with Crippen molar-refractivity contribution < 1.29 is 0 Å². The van der Waals surface area contributed by atoms with Crippen LogP contribution in [0.2, 0.25) is 0 Å². The van der Waals surface area contributed by atoms with Gasteiger partial charge in [-0.25, -0.2) is 0 Å². The number of hydrogen-bond acceptors (Lipinski definition) is 1. The minimum absolute atomic E-state index is 1.22. The zero-order chi connectivity index (χ0) is 15.1. The Balaban J connectivity index is 3.53. The summed E-state index contributed by atoms with van der Waals surface area (Å²) < 4.78 is 1.26. The molecule has 0 N–H and O–H groups in total. The Bertz CT molecular complexity index is 203. The van der Waals surface area contributed by atoms with Gasteiger partial charge >= 0.3 is 144 Å². The van der Waals surface area contributed by atoms with Crippen molar-refractivity contribution >= 4 is 35.0 Å². The fourth-order valence-corrected chi connectivity index (χ4v) is 3.23. The molecule has 119 valence electrons. The molecule has 0 atom stereocenters. The first-order chi connectivity index (χ1) is 9.72. The van der Waals surface area contributed by atoms with Crippen LogP contribution in [0.3, 0.4) is 0 Å². The molecule has 3 heteroatoms. The summed E-state index contributed by atoms with van der Waals surface area (Å²) in [5, 5.41) is 0. The monoisotopic (exact) mass is 412 g/mol. The third kappa shape index (κ3) is 13.7. The Morgan fingerprint density at radius 1 is 0.650 bits per heavy atom.